The number of nitrogens with zero attached hydrogens (tertiary/aromatic N) is 2. The van der Waals surface area contributed by atoms with E-state index in [1.54, 1.807) is 17.5 Å². The number of hydrogen-bond donors (Lipinski definition) is 2. The number of likely N-dealkylation sites (N-methyl/N-ethyl adjacent to an activating group) is 1. The van der Waals surface area contributed by atoms with Crippen molar-refractivity contribution in [2.75, 3.05) is 12.3 Å². The fourth-order valence-electron chi connectivity index (χ4n) is 2.13. The zero-order chi connectivity index (χ0) is 13.7. The fraction of sp³-hybridized carbons (Fsp3) is 0.429. The van der Waals surface area contributed by atoms with Crippen molar-refractivity contribution in [1.82, 2.24) is 15.3 Å². The SMILES string of the molecule is CCNC(Cc1csc(C)n1)Cc1cnccc1N. The minimum absolute atomic E-state index is 0.345. The summed E-state index contributed by atoms with van der Waals surface area (Å²) in [7, 11) is 0. The average Bonchev–Trinajstić information content (AvgIpc) is 2.78. The van der Waals surface area contributed by atoms with Crippen molar-refractivity contribution in [3.05, 3.63) is 40.1 Å². The van der Waals surface area contributed by atoms with Crippen LogP contribution in [0.2, 0.25) is 0 Å². The van der Waals surface area contributed by atoms with E-state index in [0.29, 0.717) is 6.04 Å². The quantitative estimate of drug-likeness (QED) is 0.849. The van der Waals surface area contributed by atoms with E-state index in [-0.39, 0.29) is 0 Å². The number of rotatable bonds is 6. The first-order valence-electron chi connectivity index (χ1n) is 6.51. The molecule has 2 heterocycles. The van der Waals surface area contributed by atoms with Gasteiger partial charge in [0.25, 0.3) is 0 Å². The second-order valence-corrected chi connectivity index (χ2v) is 5.66. The summed E-state index contributed by atoms with van der Waals surface area (Å²) >= 11 is 1.70. The Balaban J connectivity index is 2.06. The molecule has 4 nitrogen and oxygen atoms in total. The lowest BCUT2D eigenvalue weighted by atomic mass is 10.0. The monoisotopic (exact) mass is 276 g/mol. The summed E-state index contributed by atoms with van der Waals surface area (Å²) in [5, 5.41) is 6.75. The van der Waals surface area contributed by atoms with Crippen LogP contribution in [-0.2, 0) is 12.8 Å². The van der Waals surface area contributed by atoms with Gasteiger partial charge in [0.2, 0.25) is 0 Å². The molecule has 0 radical (unpaired) electrons. The average molecular weight is 276 g/mol. The lowest BCUT2D eigenvalue weighted by Gasteiger charge is -2.17. The van der Waals surface area contributed by atoms with Crippen molar-refractivity contribution in [3.63, 3.8) is 0 Å². The Hall–Kier alpha value is -1.46. The molecule has 5 heteroatoms. The van der Waals surface area contributed by atoms with Gasteiger partial charge in [-0.2, -0.15) is 0 Å². The second kappa shape index (κ2) is 6.63. The van der Waals surface area contributed by atoms with Crippen LogP contribution < -0.4 is 11.1 Å². The Morgan fingerprint density at radius 1 is 1.42 bits per heavy atom. The highest BCUT2D eigenvalue weighted by atomic mass is 32.1. The number of aryl methyl sites for hydroxylation is 1. The summed E-state index contributed by atoms with van der Waals surface area (Å²) in [5.41, 5.74) is 9.04. The Kier molecular flexibility index (Phi) is 4.87. The van der Waals surface area contributed by atoms with Crippen LogP contribution in [0.25, 0.3) is 0 Å². The zero-order valence-corrected chi connectivity index (χ0v) is 12.2. The van der Waals surface area contributed by atoms with Crippen LogP contribution in [0, 0.1) is 6.92 Å². The number of aromatic nitrogens is 2. The van der Waals surface area contributed by atoms with E-state index in [2.05, 4.69) is 27.6 Å². The van der Waals surface area contributed by atoms with E-state index in [4.69, 9.17) is 5.73 Å². The second-order valence-electron chi connectivity index (χ2n) is 4.60. The highest BCUT2D eigenvalue weighted by Crippen LogP contribution is 2.15. The van der Waals surface area contributed by atoms with E-state index < -0.39 is 0 Å². The van der Waals surface area contributed by atoms with Crippen molar-refractivity contribution in [2.24, 2.45) is 0 Å². The molecule has 1 unspecified atom stereocenters. The van der Waals surface area contributed by atoms with E-state index in [1.165, 1.54) is 0 Å². The standard InChI is InChI=1S/C14H20N4S/c1-3-17-12(7-13-9-19-10(2)18-13)6-11-8-16-5-4-14(11)15/h4-5,8-9,12,17H,3,6-7H2,1-2H3,(H2,15,16). The Morgan fingerprint density at radius 2 is 2.26 bits per heavy atom. The molecule has 2 rings (SSSR count). The van der Waals surface area contributed by atoms with Gasteiger partial charge in [0.1, 0.15) is 0 Å². The van der Waals surface area contributed by atoms with Crippen LogP contribution in [0.4, 0.5) is 5.69 Å². The molecule has 3 N–H and O–H groups in total. The van der Waals surface area contributed by atoms with Crippen molar-refractivity contribution in [3.8, 4) is 0 Å². The molecule has 0 aliphatic heterocycles. The molecular weight excluding hydrogens is 256 g/mol. The summed E-state index contributed by atoms with van der Waals surface area (Å²) in [6, 6.07) is 2.20. The number of nitrogen functional groups attached to an aromatic ring is 1. The molecule has 0 saturated heterocycles. The van der Waals surface area contributed by atoms with Crippen LogP contribution >= 0.6 is 11.3 Å². The van der Waals surface area contributed by atoms with Gasteiger partial charge in [-0.25, -0.2) is 4.98 Å². The number of thiazole rings is 1. The first-order valence-corrected chi connectivity index (χ1v) is 7.39. The van der Waals surface area contributed by atoms with Gasteiger partial charge in [-0.3, -0.25) is 4.98 Å². The molecule has 0 aliphatic carbocycles. The first-order chi connectivity index (χ1) is 9.19. The molecule has 0 amide bonds. The van der Waals surface area contributed by atoms with Crippen molar-refractivity contribution in [2.45, 2.75) is 32.7 Å². The predicted octanol–water partition coefficient (Wildman–Crippen LogP) is 2.19. The van der Waals surface area contributed by atoms with E-state index in [9.17, 15) is 0 Å². The molecule has 0 aromatic carbocycles. The van der Waals surface area contributed by atoms with Crippen molar-refractivity contribution < 1.29 is 0 Å². The van der Waals surface area contributed by atoms with Gasteiger partial charge < -0.3 is 11.1 Å². The van der Waals surface area contributed by atoms with Crippen LogP contribution in [0.5, 0.6) is 0 Å². The topological polar surface area (TPSA) is 63.8 Å². The number of pyridine rings is 1. The number of nitrogens with one attached hydrogen (secondary N) is 1. The predicted molar refractivity (Wildman–Crippen MR) is 80.4 cm³/mol. The highest BCUT2D eigenvalue weighted by molar-refractivity contribution is 7.09. The van der Waals surface area contributed by atoms with Crippen LogP contribution in [0.15, 0.2) is 23.8 Å². The van der Waals surface area contributed by atoms with Gasteiger partial charge in [-0.15, -0.1) is 11.3 Å². The molecule has 0 fully saturated rings. The third kappa shape index (κ3) is 4.01. The molecule has 19 heavy (non-hydrogen) atoms. The van der Waals surface area contributed by atoms with Gasteiger partial charge in [0.15, 0.2) is 0 Å². The van der Waals surface area contributed by atoms with Crippen LogP contribution in [0.1, 0.15) is 23.2 Å². The van der Waals surface area contributed by atoms with Gasteiger partial charge in [-0.1, -0.05) is 6.92 Å². The summed E-state index contributed by atoms with van der Waals surface area (Å²) in [4.78, 5) is 8.68. The summed E-state index contributed by atoms with van der Waals surface area (Å²) in [5.74, 6) is 0. The van der Waals surface area contributed by atoms with E-state index in [0.717, 1.165) is 41.3 Å². The smallest absolute Gasteiger partial charge is 0.0897 e. The fourth-order valence-corrected chi connectivity index (χ4v) is 2.76. The largest absolute Gasteiger partial charge is 0.398 e. The maximum absolute atomic E-state index is 5.98. The van der Waals surface area contributed by atoms with E-state index >= 15 is 0 Å². The molecule has 2 aromatic rings. The van der Waals surface area contributed by atoms with Gasteiger partial charge in [-0.05, 0) is 31.5 Å². The van der Waals surface area contributed by atoms with E-state index in [1.807, 2.05) is 19.2 Å². The Labute approximate surface area is 118 Å². The Bertz CT molecular complexity index is 524. The summed E-state index contributed by atoms with van der Waals surface area (Å²) in [6.07, 6.45) is 5.38. The van der Waals surface area contributed by atoms with Crippen LogP contribution in [-0.4, -0.2) is 22.6 Å². The summed E-state index contributed by atoms with van der Waals surface area (Å²) in [6.45, 7) is 5.09. The minimum atomic E-state index is 0.345. The molecule has 102 valence electrons. The first kappa shape index (κ1) is 14.0. The maximum atomic E-state index is 5.98. The Morgan fingerprint density at radius 3 is 2.89 bits per heavy atom. The molecule has 0 spiro atoms. The lowest BCUT2D eigenvalue weighted by Crippen LogP contribution is -2.33. The van der Waals surface area contributed by atoms with Crippen molar-refractivity contribution in [1.29, 1.82) is 0 Å². The minimum Gasteiger partial charge on any atom is -0.398 e. The maximum Gasteiger partial charge on any atom is 0.0897 e. The van der Waals surface area contributed by atoms with Gasteiger partial charge in [0, 0.05) is 35.9 Å². The number of anilines is 1. The van der Waals surface area contributed by atoms with Crippen LogP contribution in [0.3, 0.4) is 0 Å². The normalized spacial score (nSPS) is 12.5. The third-order valence-corrected chi connectivity index (χ3v) is 3.84. The molecular formula is C14H20N4S. The molecule has 0 saturated carbocycles. The third-order valence-electron chi connectivity index (χ3n) is 3.02. The van der Waals surface area contributed by atoms with Gasteiger partial charge in [0.05, 0.1) is 10.7 Å². The zero-order valence-electron chi connectivity index (χ0n) is 11.4. The lowest BCUT2D eigenvalue weighted by molar-refractivity contribution is 0.517. The molecule has 1 atom stereocenters. The number of nitrogens with two attached hydrogens (primary N) is 1. The molecule has 2 aromatic heterocycles. The number of hydrogen-bond acceptors (Lipinski definition) is 5. The highest BCUT2D eigenvalue weighted by Gasteiger charge is 2.13. The van der Waals surface area contributed by atoms with Gasteiger partial charge >= 0.3 is 0 Å². The molecule has 0 aliphatic rings. The van der Waals surface area contributed by atoms with Crippen molar-refractivity contribution >= 4 is 17.0 Å². The summed E-state index contributed by atoms with van der Waals surface area (Å²) < 4.78 is 0. The molecule has 0 bridgehead atoms.